The smallest absolute Gasteiger partial charge is 0.136 e. The van der Waals surface area contributed by atoms with Gasteiger partial charge in [0.15, 0.2) is 0 Å². The van der Waals surface area contributed by atoms with E-state index in [0.717, 1.165) is 35.4 Å². The average Bonchev–Trinajstić information content (AvgIpc) is 3.66. The Balaban J connectivity index is 1.53. The molecule has 0 saturated heterocycles. The van der Waals surface area contributed by atoms with Crippen molar-refractivity contribution >= 4 is 83.7 Å². The normalized spacial score (nSPS) is 15.1. The zero-order chi connectivity index (χ0) is 29.9. The predicted octanol–water partition coefficient (Wildman–Crippen LogP) is 8.11. The molecule has 4 aromatic rings. The van der Waals surface area contributed by atoms with Crippen molar-refractivity contribution in [3.63, 3.8) is 0 Å². The van der Waals surface area contributed by atoms with Crippen LogP contribution in [0.25, 0.3) is 20.4 Å². The van der Waals surface area contributed by atoms with Crippen molar-refractivity contribution < 1.29 is 18.9 Å². The van der Waals surface area contributed by atoms with Crippen molar-refractivity contribution in [2.75, 3.05) is 39.9 Å². The highest BCUT2D eigenvalue weighted by Crippen LogP contribution is 2.45. The second-order valence-electron chi connectivity index (χ2n) is 9.79. The molecule has 4 atom stereocenters. The lowest BCUT2D eigenvalue weighted by molar-refractivity contribution is -0.0451. The molecular weight excluding hydrogens is 637 g/mol. The molecule has 2 heterocycles. The van der Waals surface area contributed by atoms with Gasteiger partial charge in [-0.2, -0.15) is 0 Å². The molecule has 226 valence electrons. The largest absolute Gasteiger partial charge is 0.360 e. The van der Waals surface area contributed by atoms with Gasteiger partial charge in [0.2, 0.25) is 0 Å². The van der Waals surface area contributed by atoms with Gasteiger partial charge in [0.05, 0.1) is 30.4 Å². The highest BCUT2D eigenvalue weighted by molar-refractivity contribution is 8.76. The van der Waals surface area contributed by atoms with E-state index in [-0.39, 0.29) is 11.8 Å². The average molecular weight is 677 g/mol. The lowest BCUT2D eigenvalue weighted by Gasteiger charge is -2.28. The van der Waals surface area contributed by atoms with E-state index in [4.69, 9.17) is 28.9 Å². The molecule has 0 bridgehead atoms. The van der Waals surface area contributed by atoms with Gasteiger partial charge >= 0.3 is 0 Å². The number of benzene rings is 2. The number of thiazole rings is 2. The molecule has 6 nitrogen and oxygen atoms in total. The van der Waals surface area contributed by atoms with Crippen molar-refractivity contribution in [1.29, 1.82) is 0 Å². The number of hydrogen-bond donors (Lipinski definition) is 0. The summed E-state index contributed by atoms with van der Waals surface area (Å²) in [5.74, 6) is 2.25. The standard InChI is InChI=1S/C30H40N2O4S4Si2/c1-7-25(41-29(33-3)34-4)19(27-31-21-13-9-11-15-23(21)39-27)17-37-38-18-20(26(8-2)42-30(35-5)36-6)28-32-22-14-10-12-16-24(22)40-28/h9-16,19-20,25-26,29-30H,7-8,17-18H2,1-6H3. The fourth-order valence-corrected chi connectivity index (χ4v) is 13.4. The minimum atomic E-state index is -0.186. The lowest BCUT2D eigenvalue weighted by Crippen LogP contribution is -2.29. The molecule has 4 rings (SSSR count). The first-order valence-corrected chi connectivity index (χ1v) is 20.6. The van der Waals surface area contributed by atoms with Gasteiger partial charge in [-0.15, -0.1) is 22.7 Å². The fourth-order valence-electron chi connectivity index (χ4n) is 4.91. The lowest BCUT2D eigenvalue weighted by atomic mass is 10.1. The zero-order valence-electron chi connectivity index (χ0n) is 25.1. The second kappa shape index (κ2) is 17.6. The second-order valence-corrected chi connectivity index (χ2v) is 17.6. The summed E-state index contributed by atoms with van der Waals surface area (Å²) in [6, 6.07) is 16.9. The van der Waals surface area contributed by atoms with Crippen molar-refractivity contribution in [3.05, 3.63) is 58.5 Å². The van der Waals surface area contributed by atoms with E-state index in [1.54, 1.807) is 28.4 Å². The molecule has 0 spiro atoms. The fraction of sp³-hybridized carbons (Fsp3) is 0.533. The Morgan fingerprint density at radius 1 is 0.643 bits per heavy atom. The summed E-state index contributed by atoms with van der Waals surface area (Å²) < 4.78 is 25.0. The number of fused-ring (bicyclic) bond motifs is 2. The number of methoxy groups -OCH3 is 4. The van der Waals surface area contributed by atoms with Crippen LogP contribution in [-0.4, -0.2) is 80.8 Å². The van der Waals surface area contributed by atoms with Gasteiger partial charge in [0.1, 0.15) is 30.9 Å². The van der Waals surface area contributed by atoms with E-state index in [1.807, 2.05) is 44.3 Å². The number of ether oxygens (including phenoxy) is 4. The van der Waals surface area contributed by atoms with Gasteiger partial charge < -0.3 is 18.9 Å². The van der Waals surface area contributed by atoms with Gasteiger partial charge in [-0.05, 0) is 35.3 Å². The van der Waals surface area contributed by atoms with Gasteiger partial charge in [-0.25, -0.2) is 9.97 Å². The summed E-state index contributed by atoms with van der Waals surface area (Å²) in [7, 11) is 11.9. The highest BCUT2D eigenvalue weighted by Gasteiger charge is 2.31. The van der Waals surface area contributed by atoms with E-state index in [9.17, 15) is 0 Å². The van der Waals surface area contributed by atoms with E-state index < -0.39 is 0 Å². The molecular formula is C30H40N2O4S4Si2. The molecule has 0 amide bonds. The van der Waals surface area contributed by atoms with Gasteiger partial charge in [0, 0.05) is 51.8 Å². The van der Waals surface area contributed by atoms with Crippen molar-refractivity contribution in [3.8, 4) is 0 Å². The third kappa shape index (κ3) is 8.89. The first-order valence-electron chi connectivity index (χ1n) is 14.1. The summed E-state index contributed by atoms with van der Waals surface area (Å²) in [6.45, 7) is 4.55. The van der Waals surface area contributed by atoms with E-state index in [2.05, 4.69) is 62.4 Å². The van der Waals surface area contributed by atoms with Gasteiger partial charge in [-0.3, -0.25) is 0 Å². The molecule has 4 unspecified atom stereocenters. The van der Waals surface area contributed by atoms with Crippen LogP contribution in [0.1, 0.15) is 48.5 Å². The van der Waals surface area contributed by atoms with Crippen LogP contribution in [0.15, 0.2) is 48.5 Å². The molecule has 0 aliphatic rings. The zero-order valence-corrected chi connectivity index (χ0v) is 30.3. The van der Waals surface area contributed by atoms with Gasteiger partial charge in [-0.1, -0.05) is 72.5 Å². The van der Waals surface area contributed by atoms with E-state index >= 15 is 0 Å². The first-order chi connectivity index (χ1) is 20.5. The quantitative estimate of drug-likeness (QED) is 0.0427. The van der Waals surface area contributed by atoms with Crippen LogP contribution in [0.3, 0.4) is 0 Å². The monoisotopic (exact) mass is 676 g/mol. The molecule has 4 radical (unpaired) electrons. The van der Waals surface area contributed by atoms with Crippen LogP contribution in [0.5, 0.6) is 0 Å². The Labute approximate surface area is 271 Å². The number of aromatic nitrogens is 2. The minimum absolute atomic E-state index is 0.186. The number of hydrogen-bond acceptors (Lipinski definition) is 10. The van der Waals surface area contributed by atoms with Crippen molar-refractivity contribution in [1.82, 2.24) is 9.97 Å². The van der Waals surface area contributed by atoms with Crippen molar-refractivity contribution in [2.24, 2.45) is 0 Å². The molecule has 2 aromatic carbocycles. The van der Waals surface area contributed by atoms with Crippen molar-refractivity contribution in [2.45, 2.75) is 61.4 Å². The Morgan fingerprint density at radius 2 is 1.02 bits per heavy atom. The molecule has 0 saturated carbocycles. The molecule has 0 aliphatic carbocycles. The van der Waals surface area contributed by atoms with Crippen LogP contribution < -0.4 is 0 Å². The van der Waals surface area contributed by atoms with Crippen LogP contribution in [-0.2, 0) is 18.9 Å². The Bertz CT molecular complexity index is 1180. The summed E-state index contributed by atoms with van der Waals surface area (Å²) >= 11 is 3.66. The maximum atomic E-state index is 5.63. The Hall–Kier alpha value is -0.806. The molecule has 12 heteroatoms. The molecule has 42 heavy (non-hydrogen) atoms. The molecule has 0 aliphatic heterocycles. The van der Waals surface area contributed by atoms with Gasteiger partial charge in [0.25, 0.3) is 0 Å². The Kier molecular flexibility index (Phi) is 14.3. The Morgan fingerprint density at radius 3 is 1.36 bits per heavy atom. The summed E-state index contributed by atoms with van der Waals surface area (Å²) in [4.78, 5) is 10.2. The minimum Gasteiger partial charge on any atom is -0.360 e. The topological polar surface area (TPSA) is 62.7 Å². The molecule has 0 N–H and O–H groups in total. The van der Waals surface area contributed by atoms with E-state index in [0.29, 0.717) is 42.0 Å². The third-order valence-electron chi connectivity index (χ3n) is 7.24. The molecule has 2 aromatic heterocycles. The number of para-hydroxylation sites is 2. The maximum Gasteiger partial charge on any atom is 0.136 e. The SMILES string of the molecule is CCC([Si]C(OC)OC)C(CSSCC(c1nc2ccccc2s1)C(CC)[Si]C(OC)OC)c1nc2ccccc2s1. The van der Waals surface area contributed by atoms with Crippen LogP contribution in [0.4, 0.5) is 0 Å². The van der Waals surface area contributed by atoms with Crippen LogP contribution >= 0.6 is 44.3 Å². The summed E-state index contributed by atoms with van der Waals surface area (Å²) in [5.41, 5.74) is 3.03. The molecule has 0 fully saturated rings. The first kappa shape index (κ1) is 34.1. The highest BCUT2D eigenvalue weighted by atomic mass is 33.1. The van der Waals surface area contributed by atoms with E-state index in [1.165, 1.54) is 19.4 Å². The third-order valence-corrected chi connectivity index (χ3v) is 16.0. The summed E-state index contributed by atoms with van der Waals surface area (Å²) in [6.07, 6.45) is 2.10. The van der Waals surface area contributed by atoms with Crippen LogP contribution in [0.2, 0.25) is 11.1 Å². The predicted molar refractivity (Wildman–Crippen MR) is 185 cm³/mol. The number of rotatable bonds is 19. The summed E-state index contributed by atoms with van der Waals surface area (Å²) in [5, 5.41) is 2.43. The maximum absolute atomic E-state index is 5.63. The number of nitrogens with zero attached hydrogens (tertiary/aromatic N) is 2. The van der Waals surface area contributed by atoms with Crippen LogP contribution in [0, 0.1) is 0 Å².